The minimum absolute atomic E-state index is 0.0274. The minimum atomic E-state index is 0.0274. The van der Waals surface area contributed by atoms with Crippen molar-refractivity contribution in [2.75, 3.05) is 12.5 Å². The lowest BCUT2D eigenvalue weighted by atomic mass is 10.1. The number of Topliss-reactive ketones (excluding diaryl/α,β-unsaturated/α-hetero) is 1. The highest BCUT2D eigenvalue weighted by molar-refractivity contribution is 6.17. The van der Waals surface area contributed by atoms with Crippen LogP contribution >= 0.6 is 11.6 Å². The fourth-order valence-corrected chi connectivity index (χ4v) is 1.39. The highest BCUT2D eigenvalue weighted by Gasteiger charge is 2.08. The van der Waals surface area contributed by atoms with Crippen LogP contribution in [-0.2, 0) is 0 Å². The summed E-state index contributed by atoms with van der Waals surface area (Å²) in [7, 11) is 0. The first kappa shape index (κ1) is 12.1. The molecule has 0 aliphatic heterocycles. The van der Waals surface area contributed by atoms with E-state index in [0.717, 1.165) is 12.0 Å². The molecule has 0 bridgehead atoms. The van der Waals surface area contributed by atoms with E-state index in [0.29, 0.717) is 23.8 Å². The molecule has 1 aromatic rings. The first-order chi connectivity index (χ1) is 7.15. The van der Waals surface area contributed by atoms with Gasteiger partial charge in [-0.1, -0.05) is 11.6 Å². The first-order valence-electron chi connectivity index (χ1n) is 4.95. The molecule has 0 aromatic heterocycles. The monoisotopic (exact) mass is 226 g/mol. The third kappa shape index (κ3) is 3.56. The average molecular weight is 227 g/mol. The average Bonchev–Trinajstić information content (AvgIpc) is 2.20. The van der Waals surface area contributed by atoms with Crippen molar-refractivity contribution in [2.24, 2.45) is 0 Å². The van der Waals surface area contributed by atoms with E-state index in [1.807, 2.05) is 25.1 Å². The van der Waals surface area contributed by atoms with E-state index in [9.17, 15) is 4.79 Å². The quantitative estimate of drug-likeness (QED) is 0.438. The fourth-order valence-electron chi connectivity index (χ4n) is 1.28. The van der Waals surface area contributed by atoms with E-state index < -0.39 is 0 Å². The van der Waals surface area contributed by atoms with Gasteiger partial charge in [-0.05, 0) is 32.4 Å². The van der Waals surface area contributed by atoms with Crippen molar-refractivity contribution >= 4 is 17.4 Å². The van der Waals surface area contributed by atoms with Crippen LogP contribution in [0.1, 0.15) is 29.3 Å². The SMILES string of the molecule is CC(=O)c1cc(C)ccc1OCCCCl. The summed E-state index contributed by atoms with van der Waals surface area (Å²) in [5.74, 6) is 1.25. The van der Waals surface area contributed by atoms with Crippen molar-refractivity contribution in [3.8, 4) is 5.75 Å². The van der Waals surface area contributed by atoms with Gasteiger partial charge in [0.05, 0.1) is 12.2 Å². The van der Waals surface area contributed by atoms with Gasteiger partial charge in [-0.15, -0.1) is 11.6 Å². The van der Waals surface area contributed by atoms with Gasteiger partial charge in [0.15, 0.2) is 5.78 Å². The zero-order valence-electron chi connectivity index (χ0n) is 9.05. The van der Waals surface area contributed by atoms with Crippen LogP contribution in [0, 0.1) is 6.92 Å². The Morgan fingerprint density at radius 1 is 1.47 bits per heavy atom. The molecule has 0 N–H and O–H groups in total. The molecule has 0 amide bonds. The topological polar surface area (TPSA) is 26.3 Å². The van der Waals surface area contributed by atoms with Gasteiger partial charge in [-0.2, -0.15) is 0 Å². The van der Waals surface area contributed by atoms with Gasteiger partial charge in [-0.25, -0.2) is 0 Å². The Bertz CT molecular complexity index is 347. The number of aryl methyl sites for hydroxylation is 1. The first-order valence-corrected chi connectivity index (χ1v) is 5.49. The maximum Gasteiger partial charge on any atom is 0.163 e. The summed E-state index contributed by atoms with van der Waals surface area (Å²) in [6.07, 6.45) is 0.785. The van der Waals surface area contributed by atoms with Crippen LogP contribution in [0.25, 0.3) is 0 Å². The van der Waals surface area contributed by atoms with Gasteiger partial charge in [0.1, 0.15) is 5.75 Å². The lowest BCUT2D eigenvalue weighted by Crippen LogP contribution is -2.03. The number of ether oxygens (including phenoxy) is 1. The predicted molar refractivity (Wildman–Crippen MR) is 62.0 cm³/mol. The number of rotatable bonds is 5. The Morgan fingerprint density at radius 2 is 2.20 bits per heavy atom. The Hall–Kier alpha value is -1.02. The van der Waals surface area contributed by atoms with Crippen molar-refractivity contribution < 1.29 is 9.53 Å². The van der Waals surface area contributed by atoms with Crippen molar-refractivity contribution in [1.29, 1.82) is 0 Å². The highest BCUT2D eigenvalue weighted by atomic mass is 35.5. The molecule has 82 valence electrons. The number of halogens is 1. The molecule has 0 unspecified atom stereocenters. The molecule has 1 aromatic carbocycles. The molecule has 3 heteroatoms. The molecule has 0 aliphatic rings. The molecule has 0 atom stereocenters. The van der Waals surface area contributed by atoms with Gasteiger partial charge >= 0.3 is 0 Å². The molecule has 0 saturated carbocycles. The van der Waals surface area contributed by atoms with Crippen LogP contribution < -0.4 is 4.74 Å². The number of carbonyl (C=O) groups excluding carboxylic acids is 1. The Morgan fingerprint density at radius 3 is 2.80 bits per heavy atom. The van der Waals surface area contributed by atoms with Gasteiger partial charge in [0, 0.05) is 5.88 Å². The summed E-state index contributed by atoms with van der Waals surface area (Å²) < 4.78 is 5.49. The standard InChI is InChI=1S/C12H15ClO2/c1-9-4-5-12(15-7-3-6-13)11(8-9)10(2)14/h4-5,8H,3,6-7H2,1-2H3. The molecule has 0 fully saturated rings. The van der Waals surface area contributed by atoms with Crippen LogP contribution in [-0.4, -0.2) is 18.3 Å². The molecular weight excluding hydrogens is 212 g/mol. The fraction of sp³-hybridized carbons (Fsp3) is 0.417. The molecule has 15 heavy (non-hydrogen) atoms. The van der Waals surface area contributed by atoms with E-state index in [1.54, 1.807) is 6.92 Å². The van der Waals surface area contributed by atoms with Crippen molar-refractivity contribution in [2.45, 2.75) is 20.3 Å². The number of carbonyl (C=O) groups is 1. The molecule has 0 radical (unpaired) electrons. The molecule has 0 spiro atoms. The third-order valence-electron chi connectivity index (χ3n) is 2.05. The van der Waals surface area contributed by atoms with Crippen LogP contribution in [0.5, 0.6) is 5.75 Å². The number of hydrogen-bond donors (Lipinski definition) is 0. The summed E-state index contributed by atoms with van der Waals surface area (Å²) in [5.41, 5.74) is 1.70. The summed E-state index contributed by atoms with van der Waals surface area (Å²) >= 11 is 5.55. The van der Waals surface area contributed by atoms with Gasteiger partial charge in [0.2, 0.25) is 0 Å². The molecular formula is C12H15ClO2. The predicted octanol–water partition coefficient (Wildman–Crippen LogP) is 3.21. The van der Waals surface area contributed by atoms with E-state index >= 15 is 0 Å². The summed E-state index contributed by atoms with van der Waals surface area (Å²) in [6, 6.07) is 5.61. The van der Waals surface area contributed by atoms with Gasteiger partial charge in [0.25, 0.3) is 0 Å². The number of ketones is 1. The highest BCUT2D eigenvalue weighted by Crippen LogP contribution is 2.20. The van der Waals surface area contributed by atoms with Crippen LogP contribution in [0.2, 0.25) is 0 Å². The second-order valence-electron chi connectivity index (χ2n) is 3.45. The lowest BCUT2D eigenvalue weighted by molar-refractivity contribution is 0.101. The zero-order chi connectivity index (χ0) is 11.3. The van der Waals surface area contributed by atoms with Crippen molar-refractivity contribution in [1.82, 2.24) is 0 Å². The normalized spacial score (nSPS) is 10.1. The van der Waals surface area contributed by atoms with E-state index in [2.05, 4.69) is 0 Å². The summed E-state index contributed by atoms with van der Waals surface area (Å²) in [4.78, 5) is 11.3. The summed E-state index contributed by atoms with van der Waals surface area (Å²) in [5, 5.41) is 0. The third-order valence-corrected chi connectivity index (χ3v) is 2.32. The second kappa shape index (κ2) is 5.76. The van der Waals surface area contributed by atoms with E-state index in [4.69, 9.17) is 16.3 Å². The van der Waals surface area contributed by atoms with E-state index in [-0.39, 0.29) is 5.78 Å². The molecule has 0 aliphatic carbocycles. The molecule has 1 rings (SSSR count). The lowest BCUT2D eigenvalue weighted by Gasteiger charge is -2.09. The van der Waals surface area contributed by atoms with Gasteiger partial charge < -0.3 is 4.74 Å². The Balaban J connectivity index is 2.81. The molecule has 2 nitrogen and oxygen atoms in total. The maximum atomic E-state index is 11.3. The van der Waals surface area contributed by atoms with Gasteiger partial charge in [-0.3, -0.25) is 4.79 Å². The Kier molecular flexibility index (Phi) is 4.63. The molecule has 0 saturated heterocycles. The number of benzene rings is 1. The van der Waals surface area contributed by atoms with Crippen LogP contribution in [0.3, 0.4) is 0 Å². The number of hydrogen-bond acceptors (Lipinski definition) is 2. The van der Waals surface area contributed by atoms with Crippen LogP contribution in [0.15, 0.2) is 18.2 Å². The minimum Gasteiger partial charge on any atom is -0.493 e. The second-order valence-corrected chi connectivity index (χ2v) is 3.82. The zero-order valence-corrected chi connectivity index (χ0v) is 9.80. The largest absolute Gasteiger partial charge is 0.493 e. The smallest absolute Gasteiger partial charge is 0.163 e. The van der Waals surface area contributed by atoms with Crippen LogP contribution in [0.4, 0.5) is 0 Å². The van der Waals surface area contributed by atoms with Crippen molar-refractivity contribution in [3.63, 3.8) is 0 Å². The van der Waals surface area contributed by atoms with Crippen molar-refractivity contribution in [3.05, 3.63) is 29.3 Å². The number of alkyl halides is 1. The van der Waals surface area contributed by atoms with E-state index in [1.165, 1.54) is 0 Å². The maximum absolute atomic E-state index is 11.3. The summed E-state index contributed by atoms with van der Waals surface area (Å²) in [6.45, 7) is 4.05. The molecule has 0 heterocycles. The Labute approximate surface area is 95.2 Å².